The van der Waals surface area contributed by atoms with Gasteiger partial charge < -0.3 is 5.11 Å². The molecule has 4 nitrogen and oxygen atoms in total. The van der Waals surface area contributed by atoms with Gasteiger partial charge in [0, 0.05) is 0 Å². The molecule has 98 valence electrons. The first-order valence-corrected chi connectivity index (χ1v) is 6.01. The van der Waals surface area contributed by atoms with Crippen LogP contribution in [0.15, 0.2) is 47.6 Å². The van der Waals surface area contributed by atoms with Crippen LogP contribution >= 0.6 is 0 Å². The fraction of sp³-hybridized carbons (Fsp3) is 0.200. The Morgan fingerprint density at radius 2 is 1.89 bits per heavy atom. The molecule has 0 aliphatic carbocycles. The first-order valence-electron chi connectivity index (χ1n) is 6.01. The van der Waals surface area contributed by atoms with Gasteiger partial charge in [-0.25, -0.2) is 5.43 Å². The van der Waals surface area contributed by atoms with Crippen LogP contribution in [0, 0.1) is 0 Å². The number of hydrogen-bond donors (Lipinski definition) is 2. The molecule has 0 heterocycles. The lowest BCUT2D eigenvalue weighted by molar-refractivity contribution is -0.136. The van der Waals surface area contributed by atoms with E-state index in [9.17, 15) is 9.90 Å². The van der Waals surface area contributed by atoms with Crippen LogP contribution in [-0.2, 0) is 4.79 Å². The largest absolute Gasteiger partial charge is 0.381 e. The van der Waals surface area contributed by atoms with Crippen LogP contribution < -0.4 is 5.43 Å². The van der Waals surface area contributed by atoms with Crippen LogP contribution in [0.1, 0.15) is 19.4 Å². The second kappa shape index (κ2) is 5.20. The quantitative estimate of drug-likeness (QED) is 0.652. The van der Waals surface area contributed by atoms with Gasteiger partial charge in [0.05, 0.1) is 6.21 Å². The van der Waals surface area contributed by atoms with Crippen LogP contribution in [0.2, 0.25) is 0 Å². The Balaban J connectivity index is 2.11. The Labute approximate surface area is 111 Å². The molecule has 1 amide bonds. The van der Waals surface area contributed by atoms with Gasteiger partial charge in [-0.2, -0.15) is 5.10 Å². The molecule has 0 aromatic heterocycles. The number of carbonyl (C=O) groups is 1. The maximum atomic E-state index is 11.4. The average molecular weight is 256 g/mol. The maximum Gasteiger partial charge on any atom is 0.271 e. The zero-order valence-corrected chi connectivity index (χ0v) is 10.9. The monoisotopic (exact) mass is 256 g/mol. The van der Waals surface area contributed by atoms with Crippen molar-refractivity contribution >= 4 is 22.9 Å². The minimum atomic E-state index is -1.43. The normalized spacial score (nSPS) is 11.9. The van der Waals surface area contributed by atoms with E-state index in [1.807, 2.05) is 42.5 Å². The molecular formula is C15H16N2O2. The molecule has 2 N–H and O–H groups in total. The van der Waals surface area contributed by atoms with E-state index < -0.39 is 11.5 Å². The zero-order valence-electron chi connectivity index (χ0n) is 10.9. The van der Waals surface area contributed by atoms with E-state index in [1.54, 1.807) is 6.21 Å². The second-order valence-electron chi connectivity index (χ2n) is 4.86. The molecule has 0 bridgehead atoms. The molecule has 0 aliphatic heterocycles. The summed E-state index contributed by atoms with van der Waals surface area (Å²) in [5, 5.41) is 15.5. The summed E-state index contributed by atoms with van der Waals surface area (Å²) in [5.41, 5.74) is 1.75. The van der Waals surface area contributed by atoms with E-state index in [0.717, 1.165) is 16.3 Å². The molecule has 2 aromatic rings. The van der Waals surface area contributed by atoms with E-state index in [4.69, 9.17) is 0 Å². The molecule has 2 rings (SSSR count). The lowest BCUT2D eigenvalue weighted by Gasteiger charge is -2.13. The Morgan fingerprint density at radius 1 is 1.21 bits per heavy atom. The van der Waals surface area contributed by atoms with Gasteiger partial charge in [-0.05, 0) is 36.2 Å². The van der Waals surface area contributed by atoms with E-state index in [-0.39, 0.29) is 0 Å². The van der Waals surface area contributed by atoms with Crippen molar-refractivity contribution in [1.82, 2.24) is 5.43 Å². The fourth-order valence-corrected chi connectivity index (χ4v) is 1.59. The Morgan fingerprint density at radius 3 is 2.58 bits per heavy atom. The van der Waals surface area contributed by atoms with Crippen molar-refractivity contribution in [3.63, 3.8) is 0 Å². The molecule has 0 saturated heterocycles. The van der Waals surface area contributed by atoms with Crippen molar-refractivity contribution in [2.45, 2.75) is 19.4 Å². The minimum Gasteiger partial charge on any atom is -0.381 e. The van der Waals surface area contributed by atoms with Crippen molar-refractivity contribution < 1.29 is 9.90 Å². The number of hydrogen-bond acceptors (Lipinski definition) is 3. The van der Waals surface area contributed by atoms with E-state index >= 15 is 0 Å². The second-order valence-corrected chi connectivity index (χ2v) is 4.86. The molecule has 0 fully saturated rings. The lowest BCUT2D eigenvalue weighted by atomic mass is 10.1. The first kappa shape index (κ1) is 13.2. The number of amides is 1. The van der Waals surface area contributed by atoms with Crippen molar-refractivity contribution in [3.05, 3.63) is 48.0 Å². The summed E-state index contributed by atoms with van der Waals surface area (Å²) in [5.74, 6) is -0.537. The Hall–Kier alpha value is -2.20. The number of rotatable bonds is 3. The van der Waals surface area contributed by atoms with Gasteiger partial charge in [0.25, 0.3) is 5.91 Å². The number of benzene rings is 2. The number of nitrogens with one attached hydrogen (secondary N) is 1. The van der Waals surface area contributed by atoms with Gasteiger partial charge in [0.2, 0.25) is 0 Å². The number of nitrogens with zero attached hydrogens (tertiary/aromatic N) is 1. The summed E-state index contributed by atoms with van der Waals surface area (Å²) in [4.78, 5) is 11.4. The standard InChI is InChI=1S/C15H16N2O2/c1-15(2,19)14(18)17-16-10-11-7-8-12-5-3-4-6-13(12)9-11/h3-10,19H,1-2H3,(H,17,18). The first-order chi connectivity index (χ1) is 8.97. The average Bonchev–Trinajstić information content (AvgIpc) is 2.37. The predicted octanol–water partition coefficient (Wildman–Crippen LogP) is 2.06. The van der Waals surface area contributed by atoms with Gasteiger partial charge in [0.15, 0.2) is 0 Å². The Kier molecular flexibility index (Phi) is 3.62. The van der Waals surface area contributed by atoms with Gasteiger partial charge in [-0.15, -0.1) is 0 Å². The number of aliphatic hydroxyl groups is 1. The molecule has 0 aliphatic rings. The molecule has 0 spiro atoms. The fourth-order valence-electron chi connectivity index (χ4n) is 1.59. The molecule has 0 saturated carbocycles. The third-order valence-corrected chi connectivity index (χ3v) is 2.71. The molecular weight excluding hydrogens is 240 g/mol. The summed E-state index contributed by atoms with van der Waals surface area (Å²) in [6.07, 6.45) is 1.55. The van der Waals surface area contributed by atoms with Crippen LogP contribution in [0.3, 0.4) is 0 Å². The minimum absolute atomic E-state index is 0.537. The van der Waals surface area contributed by atoms with Crippen LogP contribution in [0.5, 0.6) is 0 Å². The van der Waals surface area contributed by atoms with Crippen molar-refractivity contribution in [3.8, 4) is 0 Å². The van der Waals surface area contributed by atoms with Crippen LogP contribution in [-0.4, -0.2) is 22.8 Å². The summed E-state index contributed by atoms with van der Waals surface area (Å²) in [6.45, 7) is 2.82. The van der Waals surface area contributed by atoms with E-state index in [1.165, 1.54) is 13.8 Å². The van der Waals surface area contributed by atoms with E-state index in [0.29, 0.717) is 0 Å². The summed E-state index contributed by atoms with van der Waals surface area (Å²) in [7, 11) is 0. The highest BCUT2D eigenvalue weighted by atomic mass is 16.3. The highest BCUT2D eigenvalue weighted by molar-refractivity contribution is 5.91. The number of fused-ring (bicyclic) bond motifs is 1. The highest BCUT2D eigenvalue weighted by Crippen LogP contribution is 2.14. The third kappa shape index (κ3) is 3.39. The number of carbonyl (C=O) groups excluding carboxylic acids is 1. The number of hydrazone groups is 1. The highest BCUT2D eigenvalue weighted by Gasteiger charge is 2.22. The Bertz CT molecular complexity index is 627. The molecule has 2 aromatic carbocycles. The van der Waals surface area contributed by atoms with Gasteiger partial charge >= 0.3 is 0 Å². The van der Waals surface area contributed by atoms with Gasteiger partial charge in [-0.3, -0.25) is 4.79 Å². The van der Waals surface area contributed by atoms with Gasteiger partial charge in [0.1, 0.15) is 5.60 Å². The van der Waals surface area contributed by atoms with Crippen molar-refractivity contribution in [1.29, 1.82) is 0 Å². The van der Waals surface area contributed by atoms with Gasteiger partial charge in [-0.1, -0.05) is 36.4 Å². The summed E-state index contributed by atoms with van der Waals surface area (Å²) in [6, 6.07) is 13.9. The zero-order chi connectivity index (χ0) is 13.9. The lowest BCUT2D eigenvalue weighted by Crippen LogP contribution is -2.39. The molecule has 0 radical (unpaired) electrons. The molecule has 0 unspecified atom stereocenters. The molecule has 19 heavy (non-hydrogen) atoms. The summed E-state index contributed by atoms with van der Waals surface area (Å²) >= 11 is 0. The topological polar surface area (TPSA) is 61.7 Å². The smallest absolute Gasteiger partial charge is 0.271 e. The molecule has 0 atom stereocenters. The summed E-state index contributed by atoms with van der Waals surface area (Å²) < 4.78 is 0. The predicted molar refractivity (Wildman–Crippen MR) is 76.0 cm³/mol. The van der Waals surface area contributed by atoms with Crippen molar-refractivity contribution in [2.75, 3.05) is 0 Å². The van der Waals surface area contributed by atoms with Crippen molar-refractivity contribution in [2.24, 2.45) is 5.10 Å². The molecule has 4 heteroatoms. The third-order valence-electron chi connectivity index (χ3n) is 2.71. The maximum absolute atomic E-state index is 11.4. The van der Waals surface area contributed by atoms with Crippen LogP contribution in [0.4, 0.5) is 0 Å². The van der Waals surface area contributed by atoms with Crippen LogP contribution in [0.25, 0.3) is 10.8 Å². The van der Waals surface area contributed by atoms with E-state index in [2.05, 4.69) is 10.5 Å². The SMILES string of the molecule is CC(C)(O)C(=O)NN=Cc1ccc2ccccc2c1.